The Bertz CT molecular complexity index is 897. The van der Waals surface area contributed by atoms with Crippen LogP contribution in [0.25, 0.3) is 0 Å². The molecule has 0 heterocycles. The predicted octanol–water partition coefficient (Wildman–Crippen LogP) is 1.37. The minimum atomic E-state index is -0.576. The molecule has 2 rings (SSSR count). The minimum absolute atomic E-state index is 0.0171. The van der Waals surface area contributed by atoms with Crippen LogP contribution in [-0.4, -0.2) is 57.9 Å². The van der Waals surface area contributed by atoms with Gasteiger partial charge in [-0.05, 0) is 24.3 Å². The molecule has 0 aliphatic heterocycles. The average Bonchev–Trinajstić information content (AvgIpc) is 2.72. The van der Waals surface area contributed by atoms with Crippen LogP contribution in [0.1, 0.15) is 20.7 Å². The first-order valence-electron chi connectivity index (χ1n) is 8.50. The number of hydrogen-bond acceptors (Lipinski definition) is 7. The van der Waals surface area contributed by atoms with Crippen molar-refractivity contribution in [2.75, 3.05) is 26.2 Å². The summed E-state index contributed by atoms with van der Waals surface area (Å²) in [7, 11) is 0. The number of hydrogen-bond donors (Lipinski definition) is 2. The van der Waals surface area contributed by atoms with Crippen LogP contribution in [0.4, 0.5) is 11.4 Å². The lowest BCUT2D eigenvalue weighted by Gasteiger charge is -2.22. The average molecular weight is 402 g/mol. The first-order valence-corrected chi connectivity index (χ1v) is 8.50. The van der Waals surface area contributed by atoms with Gasteiger partial charge < -0.3 is 15.3 Å². The van der Waals surface area contributed by atoms with Crippen LogP contribution in [0, 0.1) is 20.2 Å². The first-order chi connectivity index (χ1) is 13.8. The van der Waals surface area contributed by atoms with Crippen molar-refractivity contribution in [1.82, 2.24) is 10.2 Å². The SMILES string of the molecule is O=C(NCCN(CCO)C(=O)c1ccc([N+](=O)[O-])cc1)c1ccc([N+](=O)[O-])cc1. The summed E-state index contributed by atoms with van der Waals surface area (Å²) in [6.07, 6.45) is 0. The summed E-state index contributed by atoms with van der Waals surface area (Å²) in [5.41, 5.74) is 0.159. The molecule has 0 aromatic heterocycles. The molecular formula is C18H18N4O7. The molecule has 29 heavy (non-hydrogen) atoms. The molecule has 0 bridgehead atoms. The number of non-ortho nitro benzene ring substituents is 2. The summed E-state index contributed by atoms with van der Waals surface area (Å²) < 4.78 is 0. The predicted molar refractivity (Wildman–Crippen MR) is 102 cm³/mol. The maximum Gasteiger partial charge on any atom is 0.269 e. The summed E-state index contributed by atoms with van der Waals surface area (Å²) >= 11 is 0. The quantitative estimate of drug-likeness (QED) is 0.474. The summed E-state index contributed by atoms with van der Waals surface area (Å²) in [4.78, 5) is 46.1. The van der Waals surface area contributed by atoms with Gasteiger partial charge in [-0.15, -0.1) is 0 Å². The van der Waals surface area contributed by atoms with Crippen molar-refractivity contribution in [2.24, 2.45) is 0 Å². The zero-order valence-corrected chi connectivity index (χ0v) is 15.2. The van der Waals surface area contributed by atoms with Gasteiger partial charge in [-0.1, -0.05) is 0 Å². The summed E-state index contributed by atoms with van der Waals surface area (Å²) in [5.74, 6) is -0.912. The van der Waals surface area contributed by atoms with E-state index in [1.807, 2.05) is 0 Å². The Morgan fingerprint density at radius 3 is 1.79 bits per heavy atom. The van der Waals surface area contributed by atoms with Crippen molar-refractivity contribution in [3.8, 4) is 0 Å². The molecule has 11 nitrogen and oxygen atoms in total. The fraction of sp³-hybridized carbons (Fsp3) is 0.222. The maximum atomic E-state index is 12.5. The zero-order valence-electron chi connectivity index (χ0n) is 15.2. The van der Waals surface area contributed by atoms with Crippen molar-refractivity contribution in [3.05, 3.63) is 79.9 Å². The van der Waals surface area contributed by atoms with Gasteiger partial charge in [0.05, 0.1) is 16.5 Å². The summed E-state index contributed by atoms with van der Waals surface area (Å²) in [6.45, 7) is -0.109. The number of nitrogens with one attached hydrogen (secondary N) is 1. The summed E-state index contributed by atoms with van der Waals surface area (Å²) in [5, 5.41) is 33.1. The second kappa shape index (κ2) is 9.90. The van der Waals surface area contributed by atoms with Gasteiger partial charge in [-0.25, -0.2) is 0 Å². The highest BCUT2D eigenvalue weighted by atomic mass is 16.6. The third-order valence-electron chi connectivity index (χ3n) is 3.99. The van der Waals surface area contributed by atoms with Crippen LogP contribution in [0.5, 0.6) is 0 Å². The molecule has 2 aromatic carbocycles. The number of aliphatic hydroxyl groups is 1. The van der Waals surface area contributed by atoms with Gasteiger partial charge in [-0.2, -0.15) is 0 Å². The molecule has 0 aliphatic rings. The second-order valence-corrected chi connectivity index (χ2v) is 5.88. The van der Waals surface area contributed by atoms with E-state index in [4.69, 9.17) is 0 Å². The van der Waals surface area contributed by atoms with E-state index in [-0.39, 0.29) is 48.7 Å². The maximum absolute atomic E-state index is 12.5. The third-order valence-corrected chi connectivity index (χ3v) is 3.99. The van der Waals surface area contributed by atoms with Gasteiger partial charge in [0, 0.05) is 55.0 Å². The van der Waals surface area contributed by atoms with Crippen molar-refractivity contribution >= 4 is 23.2 Å². The highest BCUT2D eigenvalue weighted by Crippen LogP contribution is 2.14. The van der Waals surface area contributed by atoms with Gasteiger partial charge in [-0.3, -0.25) is 29.8 Å². The molecule has 0 saturated carbocycles. The van der Waals surface area contributed by atoms with E-state index in [2.05, 4.69) is 5.32 Å². The van der Waals surface area contributed by atoms with Crippen LogP contribution in [-0.2, 0) is 0 Å². The molecule has 0 radical (unpaired) electrons. The van der Waals surface area contributed by atoms with E-state index < -0.39 is 21.7 Å². The van der Waals surface area contributed by atoms with Crippen LogP contribution < -0.4 is 5.32 Å². The Hall–Kier alpha value is -3.86. The monoisotopic (exact) mass is 402 g/mol. The van der Waals surface area contributed by atoms with Crippen molar-refractivity contribution in [3.63, 3.8) is 0 Å². The fourth-order valence-electron chi connectivity index (χ4n) is 2.48. The molecule has 2 amide bonds. The van der Waals surface area contributed by atoms with Crippen molar-refractivity contribution in [2.45, 2.75) is 0 Å². The topological polar surface area (TPSA) is 156 Å². The number of nitrogens with zero attached hydrogens (tertiary/aromatic N) is 3. The number of aliphatic hydroxyl groups excluding tert-OH is 1. The molecule has 0 unspecified atom stereocenters. The number of nitro groups is 2. The number of nitro benzene ring substituents is 2. The summed E-state index contributed by atoms with van der Waals surface area (Å²) in [6, 6.07) is 10.1. The van der Waals surface area contributed by atoms with E-state index in [1.165, 1.54) is 53.4 Å². The lowest BCUT2D eigenvalue weighted by molar-refractivity contribution is -0.385. The first kappa shape index (κ1) is 21.4. The number of carbonyl (C=O) groups is 2. The van der Waals surface area contributed by atoms with Gasteiger partial charge in [0.2, 0.25) is 0 Å². The minimum Gasteiger partial charge on any atom is -0.395 e. The van der Waals surface area contributed by atoms with Gasteiger partial charge >= 0.3 is 0 Å². The molecule has 0 spiro atoms. The molecule has 11 heteroatoms. The molecule has 0 atom stereocenters. The Morgan fingerprint density at radius 1 is 0.862 bits per heavy atom. The zero-order chi connectivity index (χ0) is 21.4. The Labute approximate surface area is 164 Å². The lowest BCUT2D eigenvalue weighted by Crippen LogP contribution is -2.40. The molecular weight excluding hydrogens is 384 g/mol. The molecule has 2 aromatic rings. The number of benzene rings is 2. The largest absolute Gasteiger partial charge is 0.395 e. The molecule has 0 aliphatic carbocycles. The number of rotatable bonds is 9. The number of carbonyl (C=O) groups excluding carboxylic acids is 2. The van der Waals surface area contributed by atoms with E-state index in [0.29, 0.717) is 0 Å². The standard InChI is InChI=1S/C18H18N4O7/c23-12-11-20(18(25)14-3-7-16(8-4-14)22(28)29)10-9-19-17(24)13-1-5-15(6-2-13)21(26)27/h1-8,23H,9-12H2,(H,19,24). The Balaban J connectivity index is 1.95. The van der Waals surface area contributed by atoms with Gasteiger partial charge in [0.25, 0.3) is 23.2 Å². The van der Waals surface area contributed by atoms with Crippen LogP contribution >= 0.6 is 0 Å². The highest BCUT2D eigenvalue weighted by molar-refractivity contribution is 5.95. The highest BCUT2D eigenvalue weighted by Gasteiger charge is 2.17. The van der Waals surface area contributed by atoms with E-state index in [9.17, 15) is 34.9 Å². The smallest absolute Gasteiger partial charge is 0.269 e. The van der Waals surface area contributed by atoms with Crippen LogP contribution in [0.2, 0.25) is 0 Å². The lowest BCUT2D eigenvalue weighted by atomic mass is 10.1. The molecule has 152 valence electrons. The second-order valence-electron chi connectivity index (χ2n) is 5.88. The molecule has 0 fully saturated rings. The number of amides is 2. The van der Waals surface area contributed by atoms with Gasteiger partial charge in [0.15, 0.2) is 0 Å². The third kappa shape index (κ3) is 5.81. The normalized spacial score (nSPS) is 10.2. The van der Waals surface area contributed by atoms with E-state index >= 15 is 0 Å². The Morgan fingerprint density at radius 2 is 1.34 bits per heavy atom. The van der Waals surface area contributed by atoms with Crippen molar-refractivity contribution < 1.29 is 24.5 Å². The van der Waals surface area contributed by atoms with E-state index in [0.717, 1.165) is 0 Å². The fourth-order valence-corrected chi connectivity index (χ4v) is 2.48. The van der Waals surface area contributed by atoms with Gasteiger partial charge in [0.1, 0.15) is 0 Å². The Kier molecular flexibility index (Phi) is 7.32. The van der Waals surface area contributed by atoms with Crippen LogP contribution in [0.3, 0.4) is 0 Å². The van der Waals surface area contributed by atoms with Crippen molar-refractivity contribution in [1.29, 1.82) is 0 Å². The van der Waals surface area contributed by atoms with E-state index in [1.54, 1.807) is 0 Å². The molecule has 2 N–H and O–H groups in total. The van der Waals surface area contributed by atoms with Crippen LogP contribution in [0.15, 0.2) is 48.5 Å². The molecule has 0 saturated heterocycles.